The minimum atomic E-state index is -0.436. The number of hydrogen-bond donors (Lipinski definition) is 0. The lowest BCUT2D eigenvalue weighted by Crippen LogP contribution is -2.29. The van der Waals surface area contributed by atoms with Crippen molar-refractivity contribution in [3.05, 3.63) is 95.7 Å². The van der Waals surface area contributed by atoms with Gasteiger partial charge in [-0.05, 0) is 43.0 Å². The molecule has 7 nitrogen and oxygen atoms in total. The van der Waals surface area contributed by atoms with Crippen molar-refractivity contribution in [2.75, 3.05) is 11.9 Å². The van der Waals surface area contributed by atoms with Crippen molar-refractivity contribution in [1.29, 1.82) is 0 Å². The van der Waals surface area contributed by atoms with Gasteiger partial charge >= 0.3 is 6.09 Å². The van der Waals surface area contributed by atoms with Crippen LogP contribution in [0.3, 0.4) is 0 Å². The van der Waals surface area contributed by atoms with Gasteiger partial charge in [0.25, 0.3) is 0 Å². The van der Waals surface area contributed by atoms with Crippen LogP contribution in [0, 0.1) is 6.92 Å². The average Bonchev–Trinajstić information content (AvgIpc) is 3.40. The summed E-state index contributed by atoms with van der Waals surface area (Å²) >= 11 is 0. The van der Waals surface area contributed by atoms with E-state index in [1.54, 1.807) is 13.4 Å². The summed E-state index contributed by atoms with van der Waals surface area (Å²) in [6, 6.07) is 21.8. The Balaban J connectivity index is 1.28. The highest BCUT2D eigenvalue weighted by molar-refractivity contribution is 5.87. The van der Waals surface area contributed by atoms with Gasteiger partial charge < -0.3 is 4.74 Å². The van der Waals surface area contributed by atoms with E-state index in [4.69, 9.17) is 4.74 Å². The van der Waals surface area contributed by atoms with Crippen LogP contribution in [-0.4, -0.2) is 32.9 Å². The van der Waals surface area contributed by atoms with Crippen molar-refractivity contribution in [1.82, 2.24) is 19.7 Å². The molecular formula is C26H25N5O2. The lowest BCUT2D eigenvalue weighted by Gasteiger charge is -2.21. The van der Waals surface area contributed by atoms with Crippen molar-refractivity contribution in [3.63, 3.8) is 0 Å². The van der Waals surface area contributed by atoms with Gasteiger partial charge in [0.05, 0.1) is 0 Å². The third-order valence-corrected chi connectivity index (χ3v) is 6.02. The van der Waals surface area contributed by atoms with E-state index in [0.29, 0.717) is 5.82 Å². The first kappa shape index (κ1) is 20.9. The molecule has 0 N–H and O–H groups in total. The molecule has 0 bridgehead atoms. The number of fused-ring (bicyclic) bond motifs is 3. The summed E-state index contributed by atoms with van der Waals surface area (Å²) in [5.41, 5.74) is 5.14. The SMILES string of the molecule is Cc1ncnn1CCCc1cccc(N(C)C(=O)OC2c3ccccc3-c3ccccc32)n1. The fourth-order valence-electron chi connectivity index (χ4n) is 4.25. The topological polar surface area (TPSA) is 73.1 Å². The summed E-state index contributed by atoms with van der Waals surface area (Å²) in [5, 5.41) is 4.21. The molecule has 2 heterocycles. The van der Waals surface area contributed by atoms with Crippen molar-refractivity contribution < 1.29 is 9.53 Å². The van der Waals surface area contributed by atoms with Gasteiger partial charge in [0, 0.05) is 30.4 Å². The van der Waals surface area contributed by atoms with Gasteiger partial charge in [-0.2, -0.15) is 5.10 Å². The molecule has 33 heavy (non-hydrogen) atoms. The molecule has 0 fully saturated rings. The fraction of sp³-hybridized carbons (Fsp3) is 0.231. The lowest BCUT2D eigenvalue weighted by molar-refractivity contribution is 0.126. The number of amides is 1. The van der Waals surface area contributed by atoms with Crippen LogP contribution >= 0.6 is 0 Å². The van der Waals surface area contributed by atoms with Crippen molar-refractivity contribution in [3.8, 4) is 11.1 Å². The Bertz CT molecular complexity index is 1250. The smallest absolute Gasteiger partial charge is 0.416 e. The van der Waals surface area contributed by atoms with Crippen LogP contribution in [0.15, 0.2) is 73.1 Å². The van der Waals surface area contributed by atoms with Gasteiger partial charge in [-0.15, -0.1) is 0 Å². The van der Waals surface area contributed by atoms with Crippen LogP contribution < -0.4 is 4.90 Å². The van der Waals surface area contributed by atoms with Crippen LogP contribution in [0.1, 0.15) is 35.2 Å². The van der Waals surface area contributed by atoms with E-state index < -0.39 is 12.2 Å². The predicted molar refractivity (Wildman–Crippen MR) is 126 cm³/mol. The molecule has 4 aromatic rings. The molecule has 2 aromatic carbocycles. The number of aryl methyl sites for hydroxylation is 3. The predicted octanol–water partition coefficient (Wildman–Crippen LogP) is 4.96. The number of pyridine rings is 1. The van der Waals surface area contributed by atoms with Crippen LogP contribution in [-0.2, 0) is 17.7 Å². The summed E-state index contributed by atoms with van der Waals surface area (Å²) in [6.45, 7) is 2.71. The van der Waals surface area contributed by atoms with E-state index in [1.165, 1.54) is 4.90 Å². The number of carbonyl (C=O) groups excluding carboxylic acids is 1. The Kier molecular flexibility index (Phi) is 5.60. The number of anilines is 1. The number of benzene rings is 2. The van der Waals surface area contributed by atoms with Gasteiger partial charge in [0.2, 0.25) is 0 Å². The Labute approximate surface area is 192 Å². The van der Waals surface area contributed by atoms with E-state index >= 15 is 0 Å². The molecule has 0 radical (unpaired) electrons. The Hall–Kier alpha value is -4.00. The van der Waals surface area contributed by atoms with Gasteiger partial charge in [-0.3, -0.25) is 9.58 Å². The number of nitrogens with zero attached hydrogens (tertiary/aromatic N) is 5. The second-order valence-electron chi connectivity index (χ2n) is 8.12. The number of ether oxygens (including phenoxy) is 1. The maximum Gasteiger partial charge on any atom is 0.416 e. The third-order valence-electron chi connectivity index (χ3n) is 6.02. The molecule has 1 amide bonds. The highest BCUT2D eigenvalue weighted by Gasteiger charge is 2.32. The first-order valence-electron chi connectivity index (χ1n) is 11.0. The normalized spacial score (nSPS) is 12.3. The first-order valence-corrected chi connectivity index (χ1v) is 11.0. The van der Waals surface area contributed by atoms with Crippen LogP contribution in [0.2, 0.25) is 0 Å². The maximum atomic E-state index is 13.1. The highest BCUT2D eigenvalue weighted by Crippen LogP contribution is 2.45. The Morgan fingerprint density at radius 2 is 1.70 bits per heavy atom. The summed E-state index contributed by atoms with van der Waals surface area (Å²) < 4.78 is 7.87. The number of carbonyl (C=O) groups is 1. The molecule has 1 aliphatic carbocycles. The van der Waals surface area contributed by atoms with E-state index in [2.05, 4.69) is 27.2 Å². The second kappa shape index (κ2) is 8.86. The summed E-state index contributed by atoms with van der Waals surface area (Å²) in [5.74, 6) is 1.46. The minimum absolute atomic E-state index is 0.429. The third kappa shape index (κ3) is 4.09. The molecule has 0 unspecified atom stereocenters. The second-order valence-corrected chi connectivity index (χ2v) is 8.12. The molecule has 0 atom stereocenters. The van der Waals surface area contributed by atoms with E-state index in [9.17, 15) is 4.79 Å². The zero-order valence-corrected chi connectivity index (χ0v) is 18.7. The average molecular weight is 440 g/mol. The standard InChI is InChI=1S/C26H25N5O2/c1-18-27-17-28-31(18)16-8-10-19-9-7-15-24(29-19)30(2)26(32)33-25-22-13-5-3-11-20(22)21-12-4-6-14-23(21)25/h3-7,9,11-15,17,25H,8,10,16H2,1-2H3. The van der Waals surface area contributed by atoms with E-state index in [-0.39, 0.29) is 0 Å². The molecule has 0 saturated carbocycles. The molecule has 0 aliphatic heterocycles. The maximum absolute atomic E-state index is 13.1. The number of rotatable bonds is 6. The number of hydrogen-bond acceptors (Lipinski definition) is 5. The summed E-state index contributed by atoms with van der Waals surface area (Å²) in [6.07, 6.45) is 2.36. The molecular weight excluding hydrogens is 414 g/mol. The molecule has 5 rings (SSSR count). The lowest BCUT2D eigenvalue weighted by atomic mass is 10.1. The zero-order chi connectivity index (χ0) is 22.8. The van der Waals surface area contributed by atoms with Gasteiger partial charge in [0.1, 0.15) is 18.0 Å². The van der Waals surface area contributed by atoms with Crippen LogP contribution in [0.25, 0.3) is 11.1 Å². The van der Waals surface area contributed by atoms with Crippen molar-refractivity contribution in [2.24, 2.45) is 0 Å². The van der Waals surface area contributed by atoms with Crippen LogP contribution in [0.5, 0.6) is 0 Å². The van der Waals surface area contributed by atoms with Crippen molar-refractivity contribution >= 4 is 11.9 Å². The van der Waals surface area contributed by atoms with Crippen molar-refractivity contribution in [2.45, 2.75) is 32.4 Å². The minimum Gasteiger partial charge on any atom is -0.436 e. The zero-order valence-electron chi connectivity index (χ0n) is 18.7. The molecule has 7 heteroatoms. The quantitative estimate of drug-likeness (QED) is 0.425. The summed E-state index contributed by atoms with van der Waals surface area (Å²) in [4.78, 5) is 23.4. The molecule has 0 saturated heterocycles. The number of aromatic nitrogens is 4. The largest absolute Gasteiger partial charge is 0.436 e. The molecule has 1 aliphatic rings. The monoisotopic (exact) mass is 439 g/mol. The summed E-state index contributed by atoms with van der Waals surface area (Å²) in [7, 11) is 1.69. The molecule has 166 valence electrons. The van der Waals surface area contributed by atoms with Gasteiger partial charge in [-0.25, -0.2) is 14.8 Å². The first-order chi connectivity index (χ1) is 16.1. The molecule has 2 aromatic heterocycles. The Morgan fingerprint density at radius 3 is 2.36 bits per heavy atom. The molecule has 0 spiro atoms. The van der Waals surface area contributed by atoms with E-state index in [1.807, 2.05) is 66.2 Å². The van der Waals surface area contributed by atoms with E-state index in [0.717, 1.165) is 53.2 Å². The Morgan fingerprint density at radius 1 is 1.00 bits per heavy atom. The van der Waals surface area contributed by atoms with Crippen LogP contribution in [0.4, 0.5) is 10.6 Å². The highest BCUT2D eigenvalue weighted by atomic mass is 16.6. The van der Waals surface area contributed by atoms with Gasteiger partial charge in [-0.1, -0.05) is 54.6 Å². The van der Waals surface area contributed by atoms with Gasteiger partial charge in [0.15, 0.2) is 6.10 Å². The fourth-order valence-corrected chi connectivity index (χ4v) is 4.25.